The number of carbonyl (C=O) groups excluding carboxylic acids is 1. The number of methoxy groups -OCH3 is 1. The van der Waals surface area contributed by atoms with E-state index in [2.05, 4.69) is 5.32 Å². The fourth-order valence-electron chi connectivity index (χ4n) is 2.69. The molecule has 1 N–H and O–H groups in total. The molecule has 1 heterocycles. The van der Waals surface area contributed by atoms with Crippen LogP contribution in [0.25, 0.3) is 6.08 Å². The van der Waals surface area contributed by atoms with Gasteiger partial charge in [0.2, 0.25) is 21.7 Å². The number of rotatable bonds is 6. The fraction of sp³-hybridized carbons (Fsp3) is 0.250. The maximum atomic E-state index is 12.3. The highest BCUT2D eigenvalue weighted by Gasteiger charge is 2.19. The van der Waals surface area contributed by atoms with Gasteiger partial charge in [0.1, 0.15) is 13.2 Å². The number of hydrogen-bond donors (Lipinski definition) is 1. The Morgan fingerprint density at radius 2 is 1.93 bits per heavy atom. The van der Waals surface area contributed by atoms with Crippen LogP contribution in [-0.4, -0.2) is 53.0 Å². The van der Waals surface area contributed by atoms with Crippen molar-refractivity contribution in [3.05, 3.63) is 48.0 Å². The van der Waals surface area contributed by atoms with E-state index in [9.17, 15) is 13.2 Å². The Bertz CT molecular complexity index is 1030. The molecule has 1 aliphatic heterocycles. The number of ether oxygens (including phenoxy) is 3. The molecular formula is C20H22N2O6S. The van der Waals surface area contributed by atoms with E-state index >= 15 is 0 Å². The molecular weight excluding hydrogens is 396 g/mol. The SMILES string of the molecule is COc1cc(/C=C/C(=O)Nc2cccc(S(=O)(=O)N(C)C)c2)cc2c1OCCO2. The van der Waals surface area contributed by atoms with Crippen molar-refractivity contribution in [1.82, 2.24) is 4.31 Å². The fourth-order valence-corrected chi connectivity index (χ4v) is 3.64. The lowest BCUT2D eigenvalue weighted by molar-refractivity contribution is -0.111. The van der Waals surface area contributed by atoms with E-state index in [1.54, 1.807) is 30.3 Å². The first-order chi connectivity index (χ1) is 13.8. The van der Waals surface area contributed by atoms with E-state index in [4.69, 9.17) is 14.2 Å². The minimum Gasteiger partial charge on any atom is -0.493 e. The second kappa shape index (κ2) is 8.54. The summed E-state index contributed by atoms with van der Waals surface area (Å²) in [4.78, 5) is 12.4. The van der Waals surface area contributed by atoms with Crippen LogP contribution in [0.2, 0.25) is 0 Å². The molecule has 1 amide bonds. The molecule has 0 unspecified atom stereocenters. The zero-order valence-corrected chi connectivity index (χ0v) is 17.2. The monoisotopic (exact) mass is 418 g/mol. The first-order valence-electron chi connectivity index (χ1n) is 8.80. The van der Waals surface area contributed by atoms with E-state index in [0.717, 1.165) is 4.31 Å². The minimum atomic E-state index is -3.58. The van der Waals surface area contributed by atoms with Gasteiger partial charge in [0.05, 0.1) is 12.0 Å². The Morgan fingerprint density at radius 1 is 1.17 bits per heavy atom. The Morgan fingerprint density at radius 3 is 2.66 bits per heavy atom. The van der Waals surface area contributed by atoms with Crippen LogP contribution in [0.1, 0.15) is 5.56 Å². The van der Waals surface area contributed by atoms with Crippen LogP contribution in [0.15, 0.2) is 47.4 Å². The number of hydrogen-bond acceptors (Lipinski definition) is 6. The molecule has 0 spiro atoms. The Kier molecular flexibility index (Phi) is 6.09. The summed E-state index contributed by atoms with van der Waals surface area (Å²) in [7, 11) is 0.846. The molecule has 0 fully saturated rings. The van der Waals surface area contributed by atoms with Gasteiger partial charge in [-0.25, -0.2) is 12.7 Å². The van der Waals surface area contributed by atoms with Gasteiger partial charge >= 0.3 is 0 Å². The van der Waals surface area contributed by atoms with Crippen LogP contribution in [0.5, 0.6) is 17.2 Å². The van der Waals surface area contributed by atoms with Crippen molar-refractivity contribution in [1.29, 1.82) is 0 Å². The molecule has 9 heteroatoms. The van der Waals surface area contributed by atoms with Gasteiger partial charge in [-0.15, -0.1) is 0 Å². The molecule has 0 aliphatic carbocycles. The molecule has 0 saturated carbocycles. The molecule has 3 rings (SSSR count). The van der Waals surface area contributed by atoms with Crippen LogP contribution in [-0.2, 0) is 14.8 Å². The first-order valence-corrected chi connectivity index (χ1v) is 10.2. The van der Waals surface area contributed by atoms with Crippen molar-refractivity contribution < 1.29 is 27.4 Å². The van der Waals surface area contributed by atoms with E-state index in [0.29, 0.717) is 41.7 Å². The number of sulfonamides is 1. The molecule has 0 atom stereocenters. The molecule has 154 valence electrons. The third-order valence-corrected chi connectivity index (χ3v) is 5.97. The Hall–Kier alpha value is -3.04. The molecule has 0 aromatic heterocycles. The van der Waals surface area contributed by atoms with Gasteiger partial charge in [0.25, 0.3) is 0 Å². The average molecular weight is 418 g/mol. The Balaban J connectivity index is 1.76. The summed E-state index contributed by atoms with van der Waals surface area (Å²) in [6, 6.07) is 9.57. The molecule has 0 saturated heterocycles. The summed E-state index contributed by atoms with van der Waals surface area (Å²) in [5, 5.41) is 2.66. The standard InChI is InChI=1S/C20H22N2O6S/c1-22(2)29(24,25)16-6-4-5-15(13-16)21-19(23)8-7-14-11-17(26-3)20-18(12-14)27-9-10-28-20/h4-8,11-13H,9-10H2,1-3H3,(H,21,23)/b8-7+. The molecule has 0 bridgehead atoms. The Labute approximate surface area is 169 Å². The van der Waals surface area contributed by atoms with Gasteiger partial charge in [-0.1, -0.05) is 6.07 Å². The maximum Gasteiger partial charge on any atom is 0.248 e. The smallest absolute Gasteiger partial charge is 0.248 e. The highest BCUT2D eigenvalue weighted by Crippen LogP contribution is 2.40. The minimum absolute atomic E-state index is 0.0980. The number of fused-ring (bicyclic) bond motifs is 1. The number of nitrogens with zero attached hydrogens (tertiary/aromatic N) is 1. The highest BCUT2D eigenvalue weighted by molar-refractivity contribution is 7.89. The number of nitrogens with one attached hydrogen (secondary N) is 1. The summed E-state index contributed by atoms with van der Waals surface area (Å²) < 4.78 is 42.0. The lowest BCUT2D eigenvalue weighted by atomic mass is 10.1. The van der Waals surface area contributed by atoms with Crippen molar-refractivity contribution in [3.8, 4) is 17.2 Å². The highest BCUT2D eigenvalue weighted by atomic mass is 32.2. The van der Waals surface area contributed by atoms with E-state index in [1.807, 2.05) is 0 Å². The van der Waals surface area contributed by atoms with Crippen LogP contribution < -0.4 is 19.5 Å². The molecule has 29 heavy (non-hydrogen) atoms. The first kappa shape index (κ1) is 20.7. The molecule has 1 aliphatic rings. The molecule has 0 radical (unpaired) electrons. The summed E-state index contributed by atoms with van der Waals surface area (Å²) in [6.45, 7) is 0.888. The van der Waals surface area contributed by atoms with Gasteiger partial charge in [-0.05, 0) is 42.0 Å². The van der Waals surface area contributed by atoms with Crippen LogP contribution in [0.3, 0.4) is 0 Å². The summed E-state index contributed by atoms with van der Waals surface area (Å²) in [5.41, 5.74) is 1.08. The van der Waals surface area contributed by atoms with Crippen molar-refractivity contribution in [2.75, 3.05) is 39.7 Å². The molecule has 2 aromatic carbocycles. The molecule has 2 aromatic rings. The van der Waals surface area contributed by atoms with E-state index in [-0.39, 0.29) is 4.90 Å². The third-order valence-electron chi connectivity index (χ3n) is 4.16. The maximum absolute atomic E-state index is 12.3. The predicted molar refractivity (Wildman–Crippen MR) is 109 cm³/mol. The zero-order valence-electron chi connectivity index (χ0n) is 16.3. The lowest BCUT2D eigenvalue weighted by Crippen LogP contribution is -2.22. The zero-order chi connectivity index (χ0) is 21.0. The number of carbonyl (C=O) groups is 1. The second-order valence-electron chi connectivity index (χ2n) is 6.39. The van der Waals surface area contributed by atoms with Crippen molar-refractivity contribution in [2.45, 2.75) is 4.90 Å². The largest absolute Gasteiger partial charge is 0.493 e. The average Bonchev–Trinajstić information content (AvgIpc) is 2.71. The van der Waals surface area contributed by atoms with Gasteiger partial charge in [-0.2, -0.15) is 0 Å². The van der Waals surface area contributed by atoms with Crippen LogP contribution in [0.4, 0.5) is 5.69 Å². The number of amides is 1. The summed E-state index contributed by atoms with van der Waals surface area (Å²) in [5.74, 6) is 1.21. The van der Waals surface area contributed by atoms with Gasteiger partial charge in [-0.3, -0.25) is 4.79 Å². The molecule has 8 nitrogen and oxygen atoms in total. The second-order valence-corrected chi connectivity index (χ2v) is 8.54. The predicted octanol–water partition coefficient (Wildman–Crippen LogP) is 2.37. The van der Waals surface area contributed by atoms with Crippen molar-refractivity contribution in [2.24, 2.45) is 0 Å². The third kappa shape index (κ3) is 4.69. The van der Waals surface area contributed by atoms with Crippen molar-refractivity contribution in [3.63, 3.8) is 0 Å². The van der Waals surface area contributed by atoms with Gasteiger partial charge in [0, 0.05) is 25.9 Å². The van der Waals surface area contributed by atoms with Crippen LogP contribution >= 0.6 is 0 Å². The quantitative estimate of drug-likeness (QED) is 0.724. The van der Waals surface area contributed by atoms with E-state index in [1.165, 1.54) is 39.4 Å². The topological polar surface area (TPSA) is 94.2 Å². The van der Waals surface area contributed by atoms with Gasteiger partial charge < -0.3 is 19.5 Å². The number of anilines is 1. The summed E-state index contributed by atoms with van der Waals surface area (Å²) in [6.07, 6.45) is 2.95. The number of benzene rings is 2. The normalized spacial score (nSPS) is 13.5. The summed E-state index contributed by atoms with van der Waals surface area (Å²) >= 11 is 0. The lowest BCUT2D eigenvalue weighted by Gasteiger charge is -2.20. The van der Waals surface area contributed by atoms with Gasteiger partial charge in [0.15, 0.2) is 11.5 Å². The van der Waals surface area contributed by atoms with Crippen molar-refractivity contribution >= 4 is 27.7 Å². The van der Waals surface area contributed by atoms with E-state index < -0.39 is 15.9 Å². The van der Waals surface area contributed by atoms with Crippen LogP contribution in [0, 0.1) is 0 Å².